The largest absolute Gasteiger partial charge is 0.493 e. The van der Waals surface area contributed by atoms with Gasteiger partial charge < -0.3 is 39.9 Å². The number of rotatable bonds is 14. The number of hydrogen-bond donors (Lipinski definition) is 4. The van der Waals surface area contributed by atoms with E-state index >= 15 is 0 Å². The van der Waals surface area contributed by atoms with Crippen LogP contribution in [0, 0.1) is 5.82 Å². The van der Waals surface area contributed by atoms with Crippen molar-refractivity contribution in [3.8, 4) is 11.5 Å². The average Bonchev–Trinajstić information content (AvgIpc) is 3.51. The van der Waals surface area contributed by atoms with Crippen molar-refractivity contribution >= 4 is 34.1 Å². The number of β-amino-alcohol motifs (C(OH)–C–C–N with tert-alkyl or cyclic N) is 1. The predicted molar refractivity (Wildman–Crippen MR) is 181 cm³/mol. The number of nitrogens with one attached hydrogen (secondary N) is 3. The summed E-state index contributed by atoms with van der Waals surface area (Å²) in [5.74, 6) is 1.56. The van der Waals surface area contributed by atoms with E-state index in [4.69, 9.17) is 9.47 Å². The van der Waals surface area contributed by atoms with Crippen LogP contribution in [0.1, 0.15) is 25.0 Å². The summed E-state index contributed by atoms with van der Waals surface area (Å²) in [5, 5.41) is 23.3. The van der Waals surface area contributed by atoms with Crippen molar-refractivity contribution in [2.75, 3.05) is 83.3 Å². The van der Waals surface area contributed by atoms with E-state index in [-0.39, 0.29) is 25.0 Å². The number of carbonyl (C=O) groups excluding carboxylic acids is 1. The maximum Gasteiger partial charge on any atom is 0.230 e. The number of hydrogen-bond acceptors (Lipinski definition) is 11. The number of aromatic nitrogens is 4. The number of piperidine rings is 1. The molecule has 6 rings (SSSR count). The maximum absolute atomic E-state index is 13.5. The topological polar surface area (TPSA) is 144 Å². The summed E-state index contributed by atoms with van der Waals surface area (Å²) in [7, 11) is 2.16. The highest BCUT2D eigenvalue weighted by atomic mass is 19.1. The Bertz CT molecular complexity index is 1650. The molecule has 2 fully saturated rings. The second-order valence-electron chi connectivity index (χ2n) is 12.4. The van der Waals surface area contributed by atoms with Crippen LogP contribution in [-0.2, 0) is 11.2 Å². The molecule has 0 saturated carbocycles. The molecule has 256 valence electrons. The average molecular weight is 662 g/mol. The molecule has 0 bridgehead atoms. The Labute approximate surface area is 279 Å². The SMILES string of the molecule is CN1CCN(CCCOc2cc(OC3CCN(CCO)CC3)c3c(Nc4cc(CC(=O)Nc5cccc(F)c5)[nH]n4)ncnc3c2)CC1. The first kappa shape index (κ1) is 33.5. The number of aliphatic hydroxyl groups is 1. The van der Waals surface area contributed by atoms with E-state index in [0.29, 0.717) is 58.6 Å². The fraction of sp³-hybridized carbons (Fsp3) is 0.471. The number of carbonyl (C=O) groups is 1. The van der Waals surface area contributed by atoms with Gasteiger partial charge >= 0.3 is 0 Å². The normalized spacial score (nSPS) is 16.6. The zero-order valence-corrected chi connectivity index (χ0v) is 27.3. The van der Waals surface area contributed by atoms with Crippen LogP contribution in [0.4, 0.5) is 21.7 Å². The zero-order valence-electron chi connectivity index (χ0n) is 27.3. The van der Waals surface area contributed by atoms with Gasteiger partial charge in [-0.1, -0.05) is 6.07 Å². The van der Waals surface area contributed by atoms with Crippen LogP contribution >= 0.6 is 0 Å². The number of amides is 1. The van der Waals surface area contributed by atoms with Gasteiger partial charge in [0.05, 0.1) is 30.5 Å². The Morgan fingerprint density at radius 1 is 1.04 bits per heavy atom. The molecular weight excluding hydrogens is 617 g/mol. The van der Waals surface area contributed by atoms with Crippen molar-refractivity contribution in [2.24, 2.45) is 0 Å². The molecule has 2 aliphatic rings. The Hall–Kier alpha value is -4.37. The number of anilines is 3. The lowest BCUT2D eigenvalue weighted by Gasteiger charge is -2.32. The standard InChI is InChI=1S/C34H44FN9O4/c1-42-11-13-43(14-12-42)8-3-17-47-28-21-29-33(30(22-28)48-27-6-9-44(10-7-27)15-16-45)34(37-23-36-29)39-31-19-26(40-41-31)20-32(46)38-25-5-2-4-24(35)18-25/h2,4-5,18-19,21-23,27,45H,3,6-17,20H2,1H3,(H,38,46)(H2,36,37,39,40,41). The number of benzene rings is 2. The predicted octanol–water partition coefficient (Wildman–Crippen LogP) is 3.27. The minimum absolute atomic E-state index is 0.0164. The fourth-order valence-electron chi connectivity index (χ4n) is 6.10. The van der Waals surface area contributed by atoms with Crippen LogP contribution in [0.15, 0.2) is 48.8 Å². The van der Waals surface area contributed by atoms with Gasteiger partial charge in [-0.05, 0) is 44.5 Å². The maximum atomic E-state index is 13.5. The van der Waals surface area contributed by atoms with Gasteiger partial charge in [-0.3, -0.25) is 9.89 Å². The van der Waals surface area contributed by atoms with Crippen molar-refractivity contribution in [3.63, 3.8) is 0 Å². The molecule has 48 heavy (non-hydrogen) atoms. The van der Waals surface area contributed by atoms with E-state index in [0.717, 1.165) is 65.1 Å². The molecule has 4 N–H and O–H groups in total. The van der Waals surface area contributed by atoms with Crippen LogP contribution < -0.4 is 20.1 Å². The number of likely N-dealkylation sites (tertiary alicyclic amines) is 1. The van der Waals surface area contributed by atoms with Gasteiger partial charge in [-0.15, -0.1) is 0 Å². The number of nitrogens with zero attached hydrogens (tertiary/aromatic N) is 6. The molecule has 1 amide bonds. The highest BCUT2D eigenvalue weighted by molar-refractivity contribution is 5.97. The van der Waals surface area contributed by atoms with Gasteiger partial charge in [0.15, 0.2) is 5.82 Å². The number of aromatic amines is 1. The summed E-state index contributed by atoms with van der Waals surface area (Å²) in [6.07, 6.45) is 4.06. The molecule has 4 aromatic rings. The molecule has 0 aliphatic carbocycles. The summed E-state index contributed by atoms with van der Waals surface area (Å²) in [6.45, 7) is 8.39. The van der Waals surface area contributed by atoms with Crippen LogP contribution in [0.3, 0.4) is 0 Å². The van der Waals surface area contributed by atoms with Gasteiger partial charge in [0.25, 0.3) is 0 Å². The minimum atomic E-state index is -0.423. The third-order valence-electron chi connectivity index (χ3n) is 8.74. The second kappa shape index (κ2) is 16.2. The third kappa shape index (κ3) is 9.16. The Balaban J connectivity index is 1.16. The number of likely N-dealkylation sites (N-methyl/N-ethyl adjacent to an activating group) is 1. The molecule has 0 unspecified atom stereocenters. The summed E-state index contributed by atoms with van der Waals surface area (Å²) in [6, 6.07) is 11.3. The number of ether oxygens (including phenoxy) is 2. The van der Waals surface area contributed by atoms with Crippen LogP contribution in [0.2, 0.25) is 0 Å². The Morgan fingerprint density at radius 2 is 1.85 bits per heavy atom. The first-order valence-corrected chi connectivity index (χ1v) is 16.6. The van der Waals surface area contributed by atoms with E-state index in [1.165, 1.54) is 24.5 Å². The van der Waals surface area contributed by atoms with Crippen molar-refractivity contribution in [3.05, 3.63) is 60.3 Å². The van der Waals surface area contributed by atoms with Crippen LogP contribution in [0.5, 0.6) is 11.5 Å². The van der Waals surface area contributed by atoms with Gasteiger partial charge in [0.1, 0.15) is 35.6 Å². The van der Waals surface area contributed by atoms with Crippen molar-refractivity contribution in [2.45, 2.75) is 31.8 Å². The third-order valence-corrected chi connectivity index (χ3v) is 8.74. The smallest absolute Gasteiger partial charge is 0.230 e. The summed E-state index contributed by atoms with van der Waals surface area (Å²) >= 11 is 0. The van der Waals surface area contributed by atoms with Crippen LogP contribution in [0.25, 0.3) is 10.9 Å². The Morgan fingerprint density at radius 3 is 2.65 bits per heavy atom. The minimum Gasteiger partial charge on any atom is -0.493 e. The molecule has 4 heterocycles. The molecule has 0 spiro atoms. The lowest BCUT2D eigenvalue weighted by Crippen LogP contribution is -2.44. The highest BCUT2D eigenvalue weighted by Gasteiger charge is 2.23. The molecule has 2 aromatic carbocycles. The van der Waals surface area contributed by atoms with E-state index in [2.05, 4.69) is 52.5 Å². The molecular formula is C34H44FN9O4. The molecule has 2 aliphatic heterocycles. The summed E-state index contributed by atoms with van der Waals surface area (Å²) in [4.78, 5) is 28.7. The summed E-state index contributed by atoms with van der Waals surface area (Å²) < 4.78 is 26.4. The van der Waals surface area contributed by atoms with Gasteiger partial charge in [-0.25, -0.2) is 14.4 Å². The first-order valence-electron chi connectivity index (χ1n) is 16.6. The van der Waals surface area contributed by atoms with E-state index in [1.807, 2.05) is 12.1 Å². The number of fused-ring (bicyclic) bond motifs is 1. The molecule has 0 atom stereocenters. The van der Waals surface area contributed by atoms with Crippen LogP contribution in [-0.4, -0.2) is 125 Å². The number of aliphatic hydroxyl groups excluding tert-OH is 1. The van der Waals surface area contributed by atoms with Crippen molar-refractivity contribution in [1.82, 2.24) is 34.9 Å². The quantitative estimate of drug-likeness (QED) is 0.148. The zero-order chi connectivity index (χ0) is 33.3. The highest BCUT2D eigenvalue weighted by Crippen LogP contribution is 2.37. The molecule has 2 saturated heterocycles. The lowest BCUT2D eigenvalue weighted by molar-refractivity contribution is -0.115. The molecule has 14 heteroatoms. The molecule has 0 radical (unpaired) electrons. The van der Waals surface area contributed by atoms with Gasteiger partial charge in [0.2, 0.25) is 5.91 Å². The van der Waals surface area contributed by atoms with E-state index in [1.54, 1.807) is 12.1 Å². The second-order valence-corrected chi connectivity index (χ2v) is 12.4. The number of halogens is 1. The van der Waals surface area contributed by atoms with Gasteiger partial charge in [0, 0.05) is 81.9 Å². The Kier molecular flexibility index (Phi) is 11.3. The van der Waals surface area contributed by atoms with E-state index < -0.39 is 5.82 Å². The van der Waals surface area contributed by atoms with Crippen molar-refractivity contribution in [1.29, 1.82) is 0 Å². The molecule has 13 nitrogen and oxygen atoms in total. The fourth-order valence-corrected chi connectivity index (χ4v) is 6.10. The van der Waals surface area contributed by atoms with Crippen molar-refractivity contribution < 1.29 is 23.8 Å². The number of piperazine rings is 1. The first-order chi connectivity index (χ1) is 23.4. The van der Waals surface area contributed by atoms with E-state index in [9.17, 15) is 14.3 Å². The summed E-state index contributed by atoms with van der Waals surface area (Å²) in [5.41, 5.74) is 1.63. The lowest BCUT2D eigenvalue weighted by atomic mass is 10.1. The monoisotopic (exact) mass is 661 g/mol. The molecule has 2 aromatic heterocycles. The van der Waals surface area contributed by atoms with Gasteiger partial charge in [-0.2, -0.15) is 5.10 Å². The number of H-pyrrole nitrogens is 1.